The maximum atomic E-state index is 11.5. The molecular weight excluding hydrogens is 732 g/mol. The van der Waals surface area contributed by atoms with Crippen LogP contribution in [0.1, 0.15) is 6.92 Å². The number of ether oxygens (including phenoxy) is 9. The SMILES string of the molecule is C[C@@H]1O[C@@H](O[C@@H]2[C@@H](O)[C@@H](O[C@@H]3O[C@H](CO)[C@@H](O)[C@H](O[C@@H]4O[C@H](CO)[C@@H](O)[C@H](O)[C@H]4O)[C@H]3O[C@@H]3OC[C@@H](O)[C@H](O)[C@H]3O)[C@@H](CO)O[C@H]2O)[C@H](O)[C@H](O)[C@H]1O. The van der Waals surface area contributed by atoms with Crippen molar-refractivity contribution in [3.8, 4) is 0 Å². The Hall–Kier alpha value is -0.960. The van der Waals surface area contributed by atoms with Crippen LogP contribution in [0.2, 0.25) is 0 Å². The van der Waals surface area contributed by atoms with Crippen LogP contribution in [0.5, 0.6) is 0 Å². The third kappa shape index (κ3) is 8.81. The molecule has 0 radical (unpaired) electrons. The highest BCUT2D eigenvalue weighted by Crippen LogP contribution is 2.36. The van der Waals surface area contributed by atoms with E-state index in [1.165, 1.54) is 6.92 Å². The Labute approximate surface area is 300 Å². The molecule has 0 bridgehead atoms. The van der Waals surface area contributed by atoms with E-state index in [4.69, 9.17) is 42.6 Å². The highest BCUT2D eigenvalue weighted by atomic mass is 16.8. The number of hydrogen-bond acceptors (Lipinski definition) is 24. The van der Waals surface area contributed by atoms with Crippen molar-refractivity contribution in [2.24, 2.45) is 0 Å². The number of rotatable bonds is 11. The molecule has 0 amide bonds. The van der Waals surface area contributed by atoms with Gasteiger partial charge in [0.2, 0.25) is 0 Å². The van der Waals surface area contributed by atoms with Crippen LogP contribution in [0.15, 0.2) is 0 Å². The van der Waals surface area contributed by atoms with Crippen LogP contribution < -0.4 is 0 Å². The van der Waals surface area contributed by atoms with Gasteiger partial charge >= 0.3 is 0 Å². The summed E-state index contributed by atoms with van der Waals surface area (Å²) in [6, 6.07) is 0. The summed E-state index contributed by atoms with van der Waals surface area (Å²) in [7, 11) is 0. The lowest BCUT2D eigenvalue weighted by Gasteiger charge is -2.50. The summed E-state index contributed by atoms with van der Waals surface area (Å²) >= 11 is 0. The second-order valence-corrected chi connectivity index (χ2v) is 13.5. The molecule has 5 heterocycles. The van der Waals surface area contributed by atoms with Crippen LogP contribution in [0.4, 0.5) is 0 Å². The monoisotopic (exact) mass is 782 g/mol. The van der Waals surface area contributed by atoms with Gasteiger partial charge in [-0.1, -0.05) is 0 Å². The van der Waals surface area contributed by atoms with Crippen molar-refractivity contribution in [2.75, 3.05) is 26.4 Å². The quantitative estimate of drug-likeness (QED) is 0.0925. The fourth-order valence-corrected chi connectivity index (χ4v) is 6.65. The molecule has 0 aromatic rings. The van der Waals surface area contributed by atoms with Gasteiger partial charge in [-0.15, -0.1) is 0 Å². The van der Waals surface area contributed by atoms with Crippen molar-refractivity contribution in [1.82, 2.24) is 0 Å². The topological polar surface area (TPSA) is 387 Å². The maximum Gasteiger partial charge on any atom is 0.187 e. The van der Waals surface area contributed by atoms with E-state index in [0.717, 1.165) is 0 Å². The van der Waals surface area contributed by atoms with E-state index < -0.39 is 174 Å². The highest BCUT2D eigenvalue weighted by Gasteiger charge is 2.57. The number of aliphatic hydroxyl groups excluding tert-OH is 15. The van der Waals surface area contributed by atoms with Gasteiger partial charge in [-0.2, -0.15) is 0 Å². The van der Waals surface area contributed by atoms with E-state index in [2.05, 4.69) is 0 Å². The fraction of sp³-hybridized carbons (Fsp3) is 1.00. The van der Waals surface area contributed by atoms with Gasteiger partial charge in [0.05, 0.1) is 32.5 Å². The van der Waals surface area contributed by atoms with Gasteiger partial charge in [0.1, 0.15) is 110 Å². The zero-order valence-electron chi connectivity index (χ0n) is 28.1. The van der Waals surface area contributed by atoms with Crippen molar-refractivity contribution in [3.05, 3.63) is 0 Å². The molecule has 15 N–H and O–H groups in total. The molecule has 5 fully saturated rings. The average molecular weight is 783 g/mol. The predicted octanol–water partition coefficient (Wildman–Crippen LogP) is -10.3. The van der Waals surface area contributed by atoms with Crippen LogP contribution in [0.3, 0.4) is 0 Å². The first-order chi connectivity index (χ1) is 25.0. The normalized spacial score (nSPS) is 54.1. The van der Waals surface area contributed by atoms with Crippen molar-refractivity contribution in [3.63, 3.8) is 0 Å². The molecule has 24 atom stereocenters. The average Bonchev–Trinajstić information content (AvgIpc) is 3.14. The van der Waals surface area contributed by atoms with E-state index in [1.807, 2.05) is 0 Å². The standard InChI is InChI=1S/C29H50O24/c1-6-11(34)15(38)18(41)27(46-6)52-23-20(43)21(10(4-32)47-25(23)44)50-29-24(53-26-17(40)12(35)7(33)5-45-26)22(14(37)9(3-31)49-29)51-28-19(42)16(39)13(36)8(2-30)48-28/h6-44H,2-5H2,1H3/t6-,7+,8+,9+,10+,11-,12-,13+,14+,15+,16-,17+,18+,19+,20-,21-,22-,23+,24+,25+,26-,27-,28-,29-/m0/s1. The fourth-order valence-electron chi connectivity index (χ4n) is 6.65. The van der Waals surface area contributed by atoms with E-state index in [0.29, 0.717) is 0 Å². The van der Waals surface area contributed by atoms with Gasteiger partial charge in [0.25, 0.3) is 0 Å². The van der Waals surface area contributed by atoms with Crippen molar-refractivity contribution in [1.29, 1.82) is 0 Å². The smallest absolute Gasteiger partial charge is 0.187 e. The predicted molar refractivity (Wildman–Crippen MR) is 159 cm³/mol. The molecule has 53 heavy (non-hydrogen) atoms. The van der Waals surface area contributed by atoms with E-state index in [1.54, 1.807) is 0 Å². The Balaban J connectivity index is 1.45. The van der Waals surface area contributed by atoms with Crippen molar-refractivity contribution in [2.45, 2.75) is 154 Å². The Morgan fingerprint density at radius 3 is 1.53 bits per heavy atom. The summed E-state index contributed by atoms with van der Waals surface area (Å²) in [4.78, 5) is 0. The minimum Gasteiger partial charge on any atom is -0.394 e. The van der Waals surface area contributed by atoms with Gasteiger partial charge in [0.15, 0.2) is 31.5 Å². The first-order valence-corrected chi connectivity index (χ1v) is 16.9. The molecule has 0 aromatic heterocycles. The molecular formula is C29H50O24. The van der Waals surface area contributed by atoms with Gasteiger partial charge in [0, 0.05) is 0 Å². The van der Waals surface area contributed by atoms with Crippen LogP contribution in [0, 0.1) is 0 Å². The Kier molecular flexibility index (Phi) is 14.7. The lowest BCUT2D eigenvalue weighted by Crippen LogP contribution is -2.68. The number of aliphatic hydroxyl groups is 15. The molecule has 0 spiro atoms. The summed E-state index contributed by atoms with van der Waals surface area (Å²) in [6.07, 6.45) is -43.3. The molecule has 24 nitrogen and oxygen atoms in total. The molecule has 0 saturated carbocycles. The lowest BCUT2D eigenvalue weighted by atomic mass is 9.95. The minimum atomic E-state index is -2.04. The van der Waals surface area contributed by atoms with Gasteiger partial charge in [-0.25, -0.2) is 0 Å². The van der Waals surface area contributed by atoms with E-state index >= 15 is 0 Å². The number of hydrogen-bond donors (Lipinski definition) is 15. The summed E-state index contributed by atoms with van der Waals surface area (Å²) in [6.45, 7) is -2.01. The minimum absolute atomic E-state index is 0.583. The zero-order valence-corrected chi connectivity index (χ0v) is 28.1. The molecule has 0 unspecified atom stereocenters. The molecule has 5 aliphatic rings. The first-order valence-electron chi connectivity index (χ1n) is 16.9. The largest absolute Gasteiger partial charge is 0.394 e. The first kappa shape index (κ1) is 43.2. The van der Waals surface area contributed by atoms with Crippen LogP contribution in [-0.2, 0) is 42.6 Å². The zero-order chi connectivity index (χ0) is 39.0. The molecule has 0 aromatic carbocycles. The maximum absolute atomic E-state index is 11.5. The third-order valence-corrected chi connectivity index (χ3v) is 9.89. The molecule has 310 valence electrons. The molecule has 5 saturated heterocycles. The van der Waals surface area contributed by atoms with E-state index in [-0.39, 0.29) is 0 Å². The second kappa shape index (κ2) is 18.1. The van der Waals surface area contributed by atoms with Crippen LogP contribution in [0.25, 0.3) is 0 Å². The summed E-state index contributed by atoms with van der Waals surface area (Å²) in [5.74, 6) is 0. The summed E-state index contributed by atoms with van der Waals surface area (Å²) in [5.41, 5.74) is 0. The van der Waals surface area contributed by atoms with Crippen LogP contribution in [-0.4, -0.2) is 250 Å². The molecule has 24 heteroatoms. The molecule has 5 rings (SSSR count). The van der Waals surface area contributed by atoms with Gasteiger partial charge < -0.3 is 119 Å². The van der Waals surface area contributed by atoms with Crippen LogP contribution >= 0.6 is 0 Å². The van der Waals surface area contributed by atoms with Gasteiger partial charge in [-0.3, -0.25) is 0 Å². The van der Waals surface area contributed by atoms with Gasteiger partial charge in [-0.05, 0) is 6.92 Å². The molecule has 5 aliphatic heterocycles. The van der Waals surface area contributed by atoms with Crippen molar-refractivity contribution < 1.29 is 119 Å². The Morgan fingerprint density at radius 1 is 0.415 bits per heavy atom. The van der Waals surface area contributed by atoms with Crippen molar-refractivity contribution >= 4 is 0 Å². The Bertz CT molecular complexity index is 1140. The van der Waals surface area contributed by atoms with E-state index in [9.17, 15) is 76.6 Å². The summed E-state index contributed by atoms with van der Waals surface area (Å²) in [5, 5.41) is 156. The lowest BCUT2D eigenvalue weighted by molar-refractivity contribution is -0.406. The second-order valence-electron chi connectivity index (χ2n) is 13.5. The summed E-state index contributed by atoms with van der Waals surface area (Å²) < 4.78 is 50.5. The Morgan fingerprint density at radius 2 is 0.906 bits per heavy atom. The third-order valence-electron chi connectivity index (χ3n) is 9.89. The highest BCUT2D eigenvalue weighted by molar-refractivity contribution is 4.99. The molecule has 0 aliphatic carbocycles.